The van der Waals surface area contributed by atoms with Crippen LogP contribution in [0.25, 0.3) is 22.0 Å². The number of aromatic nitrogens is 2. The summed E-state index contributed by atoms with van der Waals surface area (Å²) >= 11 is 0. The van der Waals surface area contributed by atoms with Crippen LogP contribution in [-0.4, -0.2) is 59.0 Å². The molecule has 2 saturated heterocycles. The third-order valence-corrected chi connectivity index (χ3v) is 6.55. The van der Waals surface area contributed by atoms with Crippen molar-refractivity contribution in [1.29, 1.82) is 0 Å². The fourth-order valence-electron chi connectivity index (χ4n) is 4.76. The quantitative estimate of drug-likeness (QED) is 0.625. The van der Waals surface area contributed by atoms with Crippen molar-refractivity contribution >= 4 is 28.5 Å². The Balaban J connectivity index is 1.37. The molecule has 2 fully saturated rings. The van der Waals surface area contributed by atoms with Crippen molar-refractivity contribution in [3.63, 3.8) is 0 Å². The first kappa shape index (κ1) is 21.3. The molecule has 33 heavy (non-hydrogen) atoms. The van der Waals surface area contributed by atoms with Gasteiger partial charge in [-0.05, 0) is 48.6 Å². The largest absolute Gasteiger partial charge is 0.381 e. The first-order valence-electron chi connectivity index (χ1n) is 11.4. The maximum absolute atomic E-state index is 12.9. The number of hydrogen-bond donors (Lipinski definition) is 2. The zero-order valence-electron chi connectivity index (χ0n) is 18.4. The van der Waals surface area contributed by atoms with Crippen LogP contribution in [0.3, 0.4) is 0 Å². The van der Waals surface area contributed by atoms with Gasteiger partial charge in [0.1, 0.15) is 12.1 Å². The van der Waals surface area contributed by atoms with Crippen molar-refractivity contribution in [1.82, 2.24) is 14.9 Å². The van der Waals surface area contributed by atoms with Crippen LogP contribution in [0.15, 0.2) is 48.8 Å². The minimum atomic E-state index is -0.464. The summed E-state index contributed by atoms with van der Waals surface area (Å²) in [5, 5.41) is 4.39. The summed E-state index contributed by atoms with van der Waals surface area (Å²) in [5.74, 6) is 0.572. The van der Waals surface area contributed by atoms with Crippen LogP contribution in [0.2, 0.25) is 0 Å². The van der Waals surface area contributed by atoms with Crippen LogP contribution in [0.1, 0.15) is 29.6 Å². The molecular weight excluding hydrogens is 418 g/mol. The zero-order valence-corrected chi connectivity index (χ0v) is 18.4. The first-order valence-corrected chi connectivity index (χ1v) is 11.4. The molecule has 2 amide bonds. The molecule has 0 aliphatic carbocycles. The molecule has 2 aromatic carbocycles. The van der Waals surface area contributed by atoms with Gasteiger partial charge >= 0.3 is 0 Å². The maximum atomic E-state index is 12.9. The molecule has 0 spiro atoms. The third kappa shape index (κ3) is 4.39. The smallest absolute Gasteiger partial charge is 0.249 e. The SMILES string of the molecule is NC(=O)c1ccccc1-c1ccc2ncnc(NC3CCN(C(=O)C4CCOCC4)C3)c2c1. The molecule has 1 atom stereocenters. The van der Waals surface area contributed by atoms with E-state index in [1.54, 1.807) is 18.5 Å². The maximum Gasteiger partial charge on any atom is 0.249 e. The molecule has 5 rings (SSSR count). The summed E-state index contributed by atoms with van der Waals surface area (Å²) in [7, 11) is 0. The number of nitrogens with zero attached hydrogens (tertiary/aromatic N) is 3. The minimum absolute atomic E-state index is 0.0743. The summed E-state index contributed by atoms with van der Waals surface area (Å²) in [4.78, 5) is 35.6. The van der Waals surface area contributed by atoms with Crippen molar-refractivity contribution in [3.8, 4) is 11.1 Å². The average Bonchev–Trinajstić information content (AvgIpc) is 3.32. The number of rotatable bonds is 5. The fourth-order valence-corrected chi connectivity index (χ4v) is 4.76. The number of amides is 2. The van der Waals surface area contributed by atoms with Gasteiger partial charge in [-0.15, -0.1) is 0 Å². The van der Waals surface area contributed by atoms with Crippen LogP contribution < -0.4 is 11.1 Å². The van der Waals surface area contributed by atoms with Gasteiger partial charge in [0, 0.05) is 49.2 Å². The highest BCUT2D eigenvalue weighted by molar-refractivity contribution is 6.01. The Morgan fingerprint density at radius 1 is 1.06 bits per heavy atom. The molecule has 8 heteroatoms. The van der Waals surface area contributed by atoms with Crippen LogP contribution in [-0.2, 0) is 9.53 Å². The van der Waals surface area contributed by atoms with E-state index in [1.807, 2.05) is 35.2 Å². The van der Waals surface area contributed by atoms with Crippen LogP contribution in [0.4, 0.5) is 5.82 Å². The Kier molecular flexibility index (Phi) is 5.92. The third-order valence-electron chi connectivity index (χ3n) is 6.55. The zero-order chi connectivity index (χ0) is 22.8. The van der Waals surface area contributed by atoms with E-state index in [2.05, 4.69) is 15.3 Å². The van der Waals surface area contributed by atoms with Crippen molar-refractivity contribution in [3.05, 3.63) is 54.4 Å². The van der Waals surface area contributed by atoms with Crippen molar-refractivity contribution in [2.75, 3.05) is 31.6 Å². The molecule has 0 saturated carbocycles. The summed E-state index contributed by atoms with van der Waals surface area (Å²) in [6.45, 7) is 2.74. The van der Waals surface area contributed by atoms with E-state index in [0.29, 0.717) is 25.3 Å². The Labute approximate surface area is 192 Å². The predicted octanol–water partition coefficient (Wildman–Crippen LogP) is 2.84. The lowest BCUT2D eigenvalue weighted by Gasteiger charge is -2.26. The molecule has 3 heterocycles. The molecule has 2 aliphatic heterocycles. The van der Waals surface area contributed by atoms with Gasteiger partial charge in [-0.2, -0.15) is 0 Å². The Hall–Kier alpha value is -3.52. The Morgan fingerprint density at radius 2 is 1.88 bits per heavy atom. The Bertz CT molecular complexity index is 1190. The van der Waals surface area contributed by atoms with E-state index in [9.17, 15) is 9.59 Å². The van der Waals surface area contributed by atoms with Gasteiger partial charge in [-0.3, -0.25) is 9.59 Å². The predicted molar refractivity (Wildman–Crippen MR) is 126 cm³/mol. The van der Waals surface area contributed by atoms with E-state index < -0.39 is 5.91 Å². The average molecular weight is 446 g/mol. The van der Waals surface area contributed by atoms with Crippen LogP contribution in [0.5, 0.6) is 0 Å². The van der Waals surface area contributed by atoms with E-state index >= 15 is 0 Å². The number of anilines is 1. The lowest BCUT2D eigenvalue weighted by molar-refractivity contribution is -0.137. The van der Waals surface area contributed by atoms with Crippen molar-refractivity contribution in [2.45, 2.75) is 25.3 Å². The molecule has 8 nitrogen and oxygen atoms in total. The summed E-state index contributed by atoms with van der Waals surface area (Å²) in [5.41, 5.74) is 8.51. The van der Waals surface area contributed by atoms with E-state index in [1.165, 1.54) is 0 Å². The summed E-state index contributed by atoms with van der Waals surface area (Å²) in [6.07, 6.45) is 4.02. The highest BCUT2D eigenvalue weighted by Crippen LogP contribution is 2.30. The molecule has 0 radical (unpaired) electrons. The van der Waals surface area contributed by atoms with Gasteiger partial charge in [0.15, 0.2) is 0 Å². The molecule has 3 N–H and O–H groups in total. The molecule has 0 bridgehead atoms. The second-order valence-corrected chi connectivity index (χ2v) is 8.66. The molecule has 170 valence electrons. The molecule has 3 aromatic rings. The van der Waals surface area contributed by atoms with Gasteiger partial charge in [0.05, 0.1) is 5.52 Å². The molecule has 2 aliphatic rings. The number of carbonyl (C=O) groups excluding carboxylic acids is 2. The molecular formula is C25H27N5O3. The number of primary amides is 1. The van der Waals surface area contributed by atoms with Crippen LogP contribution in [0, 0.1) is 5.92 Å². The number of nitrogens with two attached hydrogens (primary N) is 1. The first-order chi connectivity index (χ1) is 16.1. The second-order valence-electron chi connectivity index (χ2n) is 8.66. The number of nitrogens with one attached hydrogen (secondary N) is 1. The molecule has 1 aromatic heterocycles. The molecule has 1 unspecified atom stereocenters. The lowest BCUT2D eigenvalue weighted by atomic mass is 9.98. The standard InChI is InChI=1S/C25H27N5O3/c26-23(31)20-4-2-1-3-19(20)17-5-6-22-21(13-17)24(28-15-27-22)29-18-7-10-30(14-18)25(32)16-8-11-33-12-9-16/h1-6,13,15-16,18H,7-12,14H2,(H2,26,31)(H,27,28,29). The van der Waals surface area contributed by atoms with Crippen molar-refractivity contribution in [2.24, 2.45) is 11.7 Å². The number of hydrogen-bond acceptors (Lipinski definition) is 6. The monoisotopic (exact) mass is 445 g/mol. The van der Waals surface area contributed by atoms with Gasteiger partial charge in [-0.25, -0.2) is 9.97 Å². The van der Waals surface area contributed by atoms with Gasteiger partial charge in [-0.1, -0.05) is 24.3 Å². The normalized spacial score (nSPS) is 19.0. The number of benzene rings is 2. The lowest BCUT2D eigenvalue weighted by Crippen LogP contribution is -2.38. The van der Waals surface area contributed by atoms with E-state index in [-0.39, 0.29) is 17.9 Å². The Morgan fingerprint density at radius 3 is 2.70 bits per heavy atom. The summed E-state index contributed by atoms with van der Waals surface area (Å²) < 4.78 is 5.39. The minimum Gasteiger partial charge on any atom is -0.381 e. The fraction of sp³-hybridized carbons (Fsp3) is 0.360. The van der Waals surface area contributed by atoms with Crippen molar-refractivity contribution < 1.29 is 14.3 Å². The summed E-state index contributed by atoms with van der Waals surface area (Å²) in [6, 6.07) is 13.3. The highest BCUT2D eigenvalue weighted by atomic mass is 16.5. The number of fused-ring (bicyclic) bond motifs is 1. The van der Waals surface area contributed by atoms with E-state index in [0.717, 1.165) is 53.7 Å². The number of carbonyl (C=O) groups is 2. The van der Waals surface area contributed by atoms with Crippen LogP contribution >= 0.6 is 0 Å². The van der Waals surface area contributed by atoms with Gasteiger partial charge in [0.25, 0.3) is 0 Å². The number of ether oxygens (including phenoxy) is 1. The van der Waals surface area contributed by atoms with E-state index in [4.69, 9.17) is 10.5 Å². The highest BCUT2D eigenvalue weighted by Gasteiger charge is 2.32. The van der Waals surface area contributed by atoms with Gasteiger partial charge < -0.3 is 20.7 Å². The number of likely N-dealkylation sites (tertiary alicyclic amines) is 1. The van der Waals surface area contributed by atoms with Gasteiger partial charge in [0.2, 0.25) is 11.8 Å². The second kappa shape index (κ2) is 9.15. The topological polar surface area (TPSA) is 110 Å².